The average Bonchev–Trinajstić information content (AvgIpc) is 2.73. The standard InChI is InChI=1S/C22H24N2O4/c25-21(13-24-7-9-26-10-8-24)23-17-5-6-20-18(12-17)22-16(14-27-20)11-15-3-1-2-4-19(15)28-22/h1-6,12,16,22H,7-11,13-14H2,(H,23,25)/t16-,22-/m1/s1. The zero-order chi connectivity index (χ0) is 18.9. The first-order valence-corrected chi connectivity index (χ1v) is 9.87. The highest BCUT2D eigenvalue weighted by Gasteiger charge is 2.37. The number of nitrogens with one attached hydrogen (secondary N) is 1. The maximum atomic E-state index is 12.4. The van der Waals surface area contributed by atoms with Crippen LogP contribution in [0, 0.1) is 5.92 Å². The van der Waals surface area contributed by atoms with Crippen LogP contribution in [-0.4, -0.2) is 50.3 Å². The van der Waals surface area contributed by atoms with Crippen molar-refractivity contribution in [2.24, 2.45) is 5.92 Å². The van der Waals surface area contributed by atoms with Crippen molar-refractivity contribution < 1.29 is 19.0 Å². The third kappa shape index (κ3) is 3.45. The molecule has 6 nitrogen and oxygen atoms in total. The summed E-state index contributed by atoms with van der Waals surface area (Å²) in [6, 6.07) is 14.0. The molecule has 6 heteroatoms. The molecule has 0 radical (unpaired) electrons. The molecule has 0 unspecified atom stereocenters. The third-order valence-electron chi connectivity index (χ3n) is 5.66. The van der Waals surface area contributed by atoms with Crippen LogP contribution in [0.4, 0.5) is 5.69 Å². The van der Waals surface area contributed by atoms with Crippen molar-refractivity contribution in [3.05, 3.63) is 53.6 Å². The van der Waals surface area contributed by atoms with Crippen molar-refractivity contribution >= 4 is 11.6 Å². The second-order valence-electron chi connectivity index (χ2n) is 7.61. The van der Waals surface area contributed by atoms with E-state index in [0.29, 0.717) is 26.4 Å². The Morgan fingerprint density at radius 1 is 1.11 bits per heavy atom. The molecule has 1 N–H and O–H groups in total. The summed E-state index contributed by atoms with van der Waals surface area (Å²) in [6.07, 6.45) is 0.892. The van der Waals surface area contributed by atoms with Crippen molar-refractivity contribution in [2.45, 2.75) is 12.5 Å². The summed E-state index contributed by atoms with van der Waals surface area (Å²) in [5.74, 6) is 2.05. The minimum absolute atomic E-state index is 0.00923. The monoisotopic (exact) mass is 380 g/mol. The number of para-hydroxylation sites is 1. The zero-order valence-corrected chi connectivity index (χ0v) is 15.7. The Labute approximate surface area is 164 Å². The lowest BCUT2D eigenvalue weighted by Gasteiger charge is -2.38. The number of amides is 1. The molecule has 1 amide bonds. The summed E-state index contributed by atoms with van der Waals surface area (Å²) in [5, 5.41) is 3.02. The molecule has 5 rings (SSSR count). The molecule has 0 aromatic heterocycles. The zero-order valence-electron chi connectivity index (χ0n) is 15.7. The maximum Gasteiger partial charge on any atom is 0.238 e. The van der Waals surface area contributed by atoms with Gasteiger partial charge in [-0.1, -0.05) is 18.2 Å². The molecule has 28 heavy (non-hydrogen) atoms. The molecule has 1 saturated heterocycles. The van der Waals surface area contributed by atoms with Crippen molar-refractivity contribution in [1.82, 2.24) is 4.90 Å². The topological polar surface area (TPSA) is 60.0 Å². The van der Waals surface area contributed by atoms with Gasteiger partial charge in [0.25, 0.3) is 0 Å². The number of benzene rings is 2. The Bertz CT molecular complexity index is 879. The number of carbonyl (C=O) groups is 1. The second-order valence-corrected chi connectivity index (χ2v) is 7.61. The lowest BCUT2D eigenvalue weighted by Crippen LogP contribution is -2.41. The van der Waals surface area contributed by atoms with Gasteiger partial charge in [0.1, 0.15) is 17.6 Å². The molecule has 1 fully saturated rings. The first kappa shape index (κ1) is 17.5. The van der Waals surface area contributed by atoms with E-state index >= 15 is 0 Å². The number of fused-ring (bicyclic) bond motifs is 4. The van der Waals surface area contributed by atoms with Gasteiger partial charge in [-0.15, -0.1) is 0 Å². The van der Waals surface area contributed by atoms with Crippen molar-refractivity contribution in [3.63, 3.8) is 0 Å². The normalized spacial score (nSPS) is 23.4. The lowest BCUT2D eigenvalue weighted by atomic mass is 9.85. The van der Waals surface area contributed by atoms with E-state index in [9.17, 15) is 4.79 Å². The smallest absolute Gasteiger partial charge is 0.238 e. The molecule has 3 heterocycles. The van der Waals surface area contributed by atoms with Gasteiger partial charge in [-0.25, -0.2) is 0 Å². The molecule has 0 bridgehead atoms. The Balaban J connectivity index is 1.33. The summed E-state index contributed by atoms with van der Waals surface area (Å²) in [6.45, 7) is 3.99. The van der Waals surface area contributed by atoms with Gasteiger partial charge in [0.05, 0.1) is 26.4 Å². The van der Waals surface area contributed by atoms with Gasteiger partial charge in [0.15, 0.2) is 0 Å². The minimum atomic E-state index is -0.0465. The predicted octanol–water partition coefficient (Wildman–Crippen LogP) is 2.64. The van der Waals surface area contributed by atoms with Crippen LogP contribution in [0.3, 0.4) is 0 Å². The molecular formula is C22H24N2O4. The van der Waals surface area contributed by atoms with Crippen LogP contribution >= 0.6 is 0 Å². The second kappa shape index (κ2) is 7.45. The van der Waals surface area contributed by atoms with E-state index in [2.05, 4.69) is 16.3 Å². The number of rotatable bonds is 3. The van der Waals surface area contributed by atoms with Crippen LogP contribution < -0.4 is 14.8 Å². The van der Waals surface area contributed by atoms with Crippen LogP contribution in [0.5, 0.6) is 11.5 Å². The van der Waals surface area contributed by atoms with E-state index in [1.165, 1.54) is 5.56 Å². The lowest BCUT2D eigenvalue weighted by molar-refractivity contribution is -0.118. The first-order chi connectivity index (χ1) is 13.8. The average molecular weight is 380 g/mol. The highest BCUT2D eigenvalue weighted by Crippen LogP contribution is 2.45. The Hall–Kier alpha value is -2.57. The number of morpholine rings is 1. The van der Waals surface area contributed by atoms with E-state index in [0.717, 1.165) is 42.3 Å². The first-order valence-electron chi connectivity index (χ1n) is 9.87. The fraction of sp³-hybridized carbons (Fsp3) is 0.409. The largest absolute Gasteiger partial charge is 0.493 e. The fourth-order valence-electron chi connectivity index (χ4n) is 4.21. The quantitative estimate of drug-likeness (QED) is 0.887. The highest BCUT2D eigenvalue weighted by atomic mass is 16.5. The van der Waals surface area contributed by atoms with E-state index in [1.807, 2.05) is 36.4 Å². The van der Waals surface area contributed by atoms with Crippen LogP contribution in [0.1, 0.15) is 17.2 Å². The Morgan fingerprint density at radius 2 is 1.96 bits per heavy atom. The van der Waals surface area contributed by atoms with Gasteiger partial charge in [-0.3, -0.25) is 9.69 Å². The third-order valence-corrected chi connectivity index (χ3v) is 5.66. The van der Waals surface area contributed by atoms with Crippen LogP contribution in [-0.2, 0) is 16.0 Å². The van der Waals surface area contributed by atoms with E-state index in [-0.39, 0.29) is 17.9 Å². The Morgan fingerprint density at radius 3 is 2.86 bits per heavy atom. The molecule has 146 valence electrons. The van der Waals surface area contributed by atoms with E-state index < -0.39 is 0 Å². The molecular weight excluding hydrogens is 356 g/mol. The summed E-state index contributed by atoms with van der Waals surface area (Å²) in [7, 11) is 0. The van der Waals surface area contributed by atoms with Crippen LogP contribution in [0.15, 0.2) is 42.5 Å². The molecule has 3 aliphatic heterocycles. The van der Waals surface area contributed by atoms with Crippen LogP contribution in [0.2, 0.25) is 0 Å². The molecule has 2 aromatic rings. The summed E-state index contributed by atoms with van der Waals surface area (Å²) >= 11 is 0. The van der Waals surface area contributed by atoms with Gasteiger partial charge in [-0.2, -0.15) is 0 Å². The van der Waals surface area contributed by atoms with Gasteiger partial charge >= 0.3 is 0 Å². The molecule has 0 spiro atoms. The number of carbonyl (C=O) groups excluding carboxylic acids is 1. The summed E-state index contributed by atoms with van der Waals surface area (Å²) < 4.78 is 17.6. The summed E-state index contributed by atoms with van der Waals surface area (Å²) in [5.41, 5.74) is 3.02. The van der Waals surface area contributed by atoms with Crippen molar-refractivity contribution in [2.75, 3.05) is 44.8 Å². The van der Waals surface area contributed by atoms with E-state index in [4.69, 9.17) is 14.2 Å². The highest BCUT2D eigenvalue weighted by molar-refractivity contribution is 5.92. The Kier molecular flexibility index (Phi) is 4.66. The van der Waals surface area contributed by atoms with Gasteiger partial charge in [-0.05, 0) is 36.2 Å². The molecule has 0 aliphatic carbocycles. The molecule has 2 atom stereocenters. The van der Waals surface area contributed by atoms with E-state index in [1.54, 1.807) is 0 Å². The predicted molar refractivity (Wildman–Crippen MR) is 105 cm³/mol. The van der Waals surface area contributed by atoms with Crippen LogP contribution in [0.25, 0.3) is 0 Å². The maximum absolute atomic E-state index is 12.4. The SMILES string of the molecule is O=C(CN1CCOCC1)Nc1ccc2c(c1)[C@@H]1Oc3ccccc3C[C@@H]1CO2. The number of hydrogen-bond donors (Lipinski definition) is 1. The van der Waals surface area contributed by atoms with Gasteiger partial charge in [0, 0.05) is 30.3 Å². The van der Waals surface area contributed by atoms with Crippen molar-refractivity contribution in [1.29, 1.82) is 0 Å². The van der Waals surface area contributed by atoms with Crippen molar-refractivity contribution in [3.8, 4) is 11.5 Å². The number of anilines is 1. The fourth-order valence-corrected chi connectivity index (χ4v) is 4.21. The summed E-state index contributed by atoms with van der Waals surface area (Å²) in [4.78, 5) is 14.5. The number of ether oxygens (including phenoxy) is 3. The van der Waals surface area contributed by atoms with Gasteiger partial charge < -0.3 is 19.5 Å². The molecule has 2 aromatic carbocycles. The number of nitrogens with zero attached hydrogens (tertiary/aromatic N) is 1. The van der Waals surface area contributed by atoms with Gasteiger partial charge in [0.2, 0.25) is 5.91 Å². The minimum Gasteiger partial charge on any atom is -0.493 e. The molecule has 3 aliphatic rings. The number of hydrogen-bond acceptors (Lipinski definition) is 5. The molecule has 0 saturated carbocycles.